The zero-order valence-corrected chi connectivity index (χ0v) is 17.6. The van der Waals surface area contributed by atoms with Crippen molar-refractivity contribution in [3.8, 4) is 17.3 Å². The molecule has 0 aliphatic heterocycles. The molecule has 0 bridgehead atoms. The summed E-state index contributed by atoms with van der Waals surface area (Å²) in [4.78, 5) is 37.2. The largest absolute Gasteiger partial charge is 0.395 e. The molecule has 1 amide bonds. The molecule has 1 aliphatic carbocycles. The fourth-order valence-corrected chi connectivity index (χ4v) is 3.11. The average molecular weight is 459 g/mol. The Morgan fingerprint density at radius 2 is 2.06 bits per heavy atom. The van der Waals surface area contributed by atoms with E-state index < -0.39 is 19.0 Å². The Morgan fingerprint density at radius 1 is 1.27 bits per heavy atom. The van der Waals surface area contributed by atoms with Gasteiger partial charge in [0, 0.05) is 30.8 Å². The smallest absolute Gasteiger partial charge is 0.251 e. The van der Waals surface area contributed by atoms with Crippen LogP contribution in [0.2, 0.25) is 0 Å². The number of nitriles is 1. The Bertz CT molecular complexity index is 1010. The highest BCUT2D eigenvalue weighted by Crippen LogP contribution is 2.30. The first-order chi connectivity index (χ1) is 15.9. The van der Waals surface area contributed by atoms with Crippen LogP contribution < -0.4 is 10.6 Å². The van der Waals surface area contributed by atoms with Gasteiger partial charge in [-0.2, -0.15) is 5.26 Å². The molecule has 0 radical (unpaired) electrons. The van der Waals surface area contributed by atoms with Crippen LogP contribution in [-0.2, 0) is 9.59 Å². The summed E-state index contributed by atoms with van der Waals surface area (Å²) in [5, 5.41) is 24.0. The summed E-state index contributed by atoms with van der Waals surface area (Å²) in [5.74, 6) is 0.257. The van der Waals surface area contributed by atoms with E-state index in [4.69, 9.17) is 5.11 Å². The van der Waals surface area contributed by atoms with Gasteiger partial charge in [0.1, 0.15) is 12.4 Å². The van der Waals surface area contributed by atoms with Crippen molar-refractivity contribution in [1.82, 2.24) is 19.9 Å². The molecule has 0 saturated heterocycles. The predicted molar refractivity (Wildman–Crippen MR) is 114 cm³/mol. The van der Waals surface area contributed by atoms with Crippen molar-refractivity contribution >= 4 is 23.7 Å². The van der Waals surface area contributed by atoms with E-state index in [1.165, 1.54) is 23.5 Å². The number of aromatic nitrogens is 3. The van der Waals surface area contributed by atoms with E-state index in [0.717, 1.165) is 12.8 Å². The second-order valence-corrected chi connectivity index (χ2v) is 7.54. The molecule has 0 aromatic carbocycles. The Balaban J connectivity index is 1.74. The number of rotatable bonds is 12. The minimum Gasteiger partial charge on any atom is -0.395 e. The zero-order chi connectivity index (χ0) is 23.8. The molecular weight excluding hydrogens is 436 g/mol. The van der Waals surface area contributed by atoms with Crippen molar-refractivity contribution in [3.63, 3.8) is 0 Å². The van der Waals surface area contributed by atoms with Gasteiger partial charge in [0.15, 0.2) is 11.5 Å². The Kier molecular flexibility index (Phi) is 8.28. The van der Waals surface area contributed by atoms with Gasteiger partial charge < -0.3 is 20.5 Å². The first kappa shape index (κ1) is 24.1. The molecule has 3 rings (SSSR count). The van der Waals surface area contributed by atoms with Crippen LogP contribution in [0.3, 0.4) is 0 Å². The third-order valence-corrected chi connectivity index (χ3v) is 4.91. The number of hydrogen-bond acceptors (Lipinski definition) is 9. The van der Waals surface area contributed by atoms with Crippen LogP contribution >= 0.6 is 0 Å². The summed E-state index contributed by atoms with van der Waals surface area (Å²) in [7, 11) is 0. The molecule has 174 valence electrons. The SMILES string of the molecule is N#Cc1ncc(-c2cnc(NC(=O)C3CC3)cn2)cc1N[C@H](C=O)CN(CCO)CC(F)F. The minimum atomic E-state index is -2.63. The van der Waals surface area contributed by atoms with Crippen LogP contribution in [0.4, 0.5) is 20.3 Å². The number of halogens is 2. The third kappa shape index (κ3) is 6.96. The summed E-state index contributed by atoms with van der Waals surface area (Å²) in [5.41, 5.74) is 1.14. The van der Waals surface area contributed by atoms with Crippen molar-refractivity contribution in [2.24, 2.45) is 5.92 Å². The molecule has 1 atom stereocenters. The van der Waals surface area contributed by atoms with Gasteiger partial charge in [0.2, 0.25) is 5.91 Å². The number of carbonyl (C=O) groups is 2. The normalized spacial score (nSPS) is 14.1. The number of nitrogens with zero attached hydrogens (tertiary/aromatic N) is 5. The van der Waals surface area contributed by atoms with Crippen LogP contribution in [0, 0.1) is 17.2 Å². The average Bonchev–Trinajstić information content (AvgIpc) is 3.64. The minimum absolute atomic E-state index is 0.00874. The van der Waals surface area contributed by atoms with Crippen LogP contribution in [0.1, 0.15) is 18.5 Å². The second-order valence-electron chi connectivity index (χ2n) is 7.54. The van der Waals surface area contributed by atoms with Crippen LogP contribution in [-0.4, -0.2) is 75.9 Å². The first-order valence-electron chi connectivity index (χ1n) is 10.3. The van der Waals surface area contributed by atoms with Crippen LogP contribution in [0.25, 0.3) is 11.3 Å². The molecule has 1 fully saturated rings. The highest BCUT2D eigenvalue weighted by atomic mass is 19.3. The van der Waals surface area contributed by atoms with Crippen molar-refractivity contribution in [1.29, 1.82) is 5.26 Å². The van der Waals surface area contributed by atoms with E-state index in [1.54, 1.807) is 6.07 Å². The van der Waals surface area contributed by atoms with Gasteiger partial charge in [0.25, 0.3) is 6.43 Å². The van der Waals surface area contributed by atoms with Gasteiger partial charge in [-0.3, -0.25) is 14.7 Å². The predicted octanol–water partition coefficient (Wildman–Crippen LogP) is 1.30. The number of pyridine rings is 1. The Hall–Kier alpha value is -3.56. The molecule has 1 aliphatic rings. The zero-order valence-electron chi connectivity index (χ0n) is 17.6. The van der Waals surface area contributed by atoms with Gasteiger partial charge >= 0.3 is 0 Å². The van der Waals surface area contributed by atoms with Crippen molar-refractivity contribution < 1.29 is 23.5 Å². The van der Waals surface area contributed by atoms with E-state index in [9.17, 15) is 23.6 Å². The van der Waals surface area contributed by atoms with E-state index in [-0.39, 0.29) is 42.9 Å². The quantitative estimate of drug-likeness (QED) is 0.400. The molecule has 3 N–H and O–H groups in total. The lowest BCUT2D eigenvalue weighted by Gasteiger charge is -2.25. The van der Waals surface area contributed by atoms with E-state index >= 15 is 0 Å². The summed E-state index contributed by atoms with van der Waals surface area (Å²) in [6.45, 7) is -1.07. The maximum Gasteiger partial charge on any atom is 0.251 e. The van der Waals surface area contributed by atoms with Crippen molar-refractivity contribution in [2.45, 2.75) is 25.3 Å². The number of aliphatic hydroxyl groups excluding tert-OH is 1. The van der Waals surface area contributed by atoms with Gasteiger partial charge in [0.05, 0.1) is 43.0 Å². The summed E-state index contributed by atoms with van der Waals surface area (Å²) >= 11 is 0. The van der Waals surface area contributed by atoms with E-state index in [2.05, 4.69) is 25.6 Å². The highest BCUT2D eigenvalue weighted by Gasteiger charge is 2.29. The molecule has 12 heteroatoms. The van der Waals surface area contributed by atoms with Crippen molar-refractivity contribution in [2.75, 3.05) is 36.9 Å². The number of carbonyl (C=O) groups excluding carboxylic acids is 2. The number of anilines is 2. The number of hydrogen-bond donors (Lipinski definition) is 3. The lowest BCUT2D eigenvalue weighted by atomic mass is 10.1. The molecule has 2 aromatic heterocycles. The number of amides is 1. The maximum atomic E-state index is 12.8. The van der Waals surface area contributed by atoms with Gasteiger partial charge in [-0.1, -0.05) is 0 Å². The standard InChI is InChI=1S/C21H23F2N7O3/c22-19(23)11-30(3-4-31)10-15(12-32)28-16-5-14(7-25-17(16)6-24)18-8-27-20(9-26-18)29-21(33)13-1-2-13/h5,7-9,12-13,15,19,28,31H,1-4,10-11H2,(H,27,29,33)/t15-/m0/s1. The number of nitrogens with one attached hydrogen (secondary N) is 2. The molecule has 2 heterocycles. The number of alkyl halides is 2. The summed E-state index contributed by atoms with van der Waals surface area (Å²) in [6.07, 6.45) is 3.92. The maximum absolute atomic E-state index is 12.8. The lowest BCUT2D eigenvalue weighted by Crippen LogP contribution is -2.41. The molecule has 1 saturated carbocycles. The fraction of sp³-hybridized carbons (Fsp3) is 0.429. The molecule has 33 heavy (non-hydrogen) atoms. The number of aldehydes is 1. The second kappa shape index (κ2) is 11.3. The number of aliphatic hydroxyl groups is 1. The van der Waals surface area contributed by atoms with Crippen LogP contribution in [0.5, 0.6) is 0 Å². The van der Waals surface area contributed by atoms with E-state index in [0.29, 0.717) is 23.4 Å². The van der Waals surface area contributed by atoms with Gasteiger partial charge in [-0.15, -0.1) is 0 Å². The lowest BCUT2D eigenvalue weighted by molar-refractivity contribution is -0.117. The van der Waals surface area contributed by atoms with Gasteiger partial charge in [-0.05, 0) is 18.9 Å². The Morgan fingerprint density at radius 3 is 2.64 bits per heavy atom. The summed E-state index contributed by atoms with van der Waals surface area (Å²) in [6, 6.07) is 2.54. The van der Waals surface area contributed by atoms with E-state index in [1.807, 2.05) is 6.07 Å². The first-order valence-corrected chi connectivity index (χ1v) is 10.3. The third-order valence-electron chi connectivity index (χ3n) is 4.91. The molecular formula is C21H23F2N7O3. The topological polar surface area (TPSA) is 144 Å². The summed E-state index contributed by atoms with van der Waals surface area (Å²) < 4.78 is 25.5. The molecule has 0 unspecified atom stereocenters. The molecule has 2 aromatic rings. The molecule has 10 nitrogen and oxygen atoms in total. The highest BCUT2D eigenvalue weighted by molar-refractivity contribution is 5.93. The van der Waals surface area contributed by atoms with Crippen LogP contribution in [0.15, 0.2) is 24.7 Å². The fourth-order valence-electron chi connectivity index (χ4n) is 3.11. The van der Waals surface area contributed by atoms with Gasteiger partial charge in [-0.25, -0.2) is 18.7 Å². The molecule has 0 spiro atoms. The van der Waals surface area contributed by atoms with Crippen molar-refractivity contribution in [3.05, 3.63) is 30.4 Å². The Labute approximate surface area is 188 Å². The monoisotopic (exact) mass is 459 g/mol.